The van der Waals surface area contributed by atoms with Gasteiger partial charge in [-0.3, -0.25) is 5.01 Å². The Bertz CT molecular complexity index is 323. The van der Waals surface area contributed by atoms with E-state index in [2.05, 4.69) is 25.1 Å². The van der Waals surface area contributed by atoms with Crippen LogP contribution in [0.1, 0.15) is 6.92 Å². The van der Waals surface area contributed by atoms with Crippen molar-refractivity contribution in [2.45, 2.75) is 32.6 Å². The van der Waals surface area contributed by atoms with E-state index < -0.39 is 14.0 Å². The number of allylic oxidation sites excluding steroid dienone is 1. The molecule has 0 aliphatic carbocycles. The zero-order chi connectivity index (χ0) is 13.1. The predicted molar refractivity (Wildman–Crippen MR) is 69.1 cm³/mol. The van der Waals surface area contributed by atoms with E-state index in [0.29, 0.717) is 18.8 Å². The summed E-state index contributed by atoms with van der Waals surface area (Å²) in [6.45, 7) is 10.2. The second kappa shape index (κ2) is 5.66. The van der Waals surface area contributed by atoms with Crippen LogP contribution in [0, 0.1) is 0 Å². The second-order valence-electron chi connectivity index (χ2n) is 5.48. The number of aliphatic carboxylic acids is 1. The molecule has 0 amide bonds. The van der Waals surface area contributed by atoms with Crippen molar-refractivity contribution in [3.05, 3.63) is 11.3 Å². The highest BCUT2D eigenvalue weighted by Gasteiger charge is 2.23. The molecule has 1 rings (SSSR count). The lowest BCUT2D eigenvalue weighted by molar-refractivity contribution is -0.132. The molecule has 98 valence electrons. The minimum absolute atomic E-state index is 0.374. The maximum Gasteiger partial charge on any atom is 0.334 e. The Labute approximate surface area is 103 Å². The summed E-state index contributed by atoms with van der Waals surface area (Å²) in [6.07, 6.45) is 0. The molecule has 1 aliphatic rings. The van der Waals surface area contributed by atoms with Gasteiger partial charge in [-0.15, -0.1) is 0 Å². The number of nitrogens with one attached hydrogen (secondary N) is 1. The summed E-state index contributed by atoms with van der Waals surface area (Å²) in [5, 5.41) is 10.7. The van der Waals surface area contributed by atoms with Gasteiger partial charge in [0.05, 0.1) is 5.57 Å². The highest BCUT2D eigenvalue weighted by molar-refractivity contribution is 6.76. The number of hydrazine groups is 1. The summed E-state index contributed by atoms with van der Waals surface area (Å²) in [4.78, 5) is 10.9. The number of hydrogen-bond donors (Lipinski definition) is 2. The molecule has 17 heavy (non-hydrogen) atoms. The zero-order valence-corrected chi connectivity index (χ0v) is 12.0. The average Bonchev–Trinajstić information content (AvgIpc) is 2.53. The molecule has 0 aromatic rings. The summed E-state index contributed by atoms with van der Waals surface area (Å²) in [5.41, 5.74) is 4.16. The van der Waals surface area contributed by atoms with Crippen molar-refractivity contribution in [1.29, 1.82) is 0 Å². The lowest BCUT2D eigenvalue weighted by atomic mass is 10.2. The van der Waals surface area contributed by atoms with Gasteiger partial charge in [-0.2, -0.15) is 0 Å². The highest BCUT2D eigenvalue weighted by Crippen LogP contribution is 2.15. The van der Waals surface area contributed by atoms with Crippen molar-refractivity contribution in [3.8, 4) is 0 Å². The summed E-state index contributed by atoms with van der Waals surface area (Å²) in [7, 11) is -1.05. The van der Waals surface area contributed by atoms with E-state index >= 15 is 0 Å². The zero-order valence-electron chi connectivity index (χ0n) is 11.0. The Morgan fingerprint density at radius 1 is 1.53 bits per heavy atom. The lowest BCUT2D eigenvalue weighted by Crippen LogP contribution is -2.34. The van der Waals surface area contributed by atoms with E-state index in [1.54, 1.807) is 11.9 Å². The fourth-order valence-corrected chi connectivity index (χ4v) is 2.25. The number of ether oxygens (including phenoxy) is 1. The van der Waals surface area contributed by atoms with E-state index in [1.165, 1.54) is 0 Å². The van der Waals surface area contributed by atoms with E-state index in [-0.39, 0.29) is 0 Å². The minimum Gasteiger partial charge on any atom is -0.478 e. The molecule has 1 aliphatic heterocycles. The largest absolute Gasteiger partial charge is 0.478 e. The molecule has 1 heterocycles. The molecular weight excluding hydrogens is 236 g/mol. The van der Waals surface area contributed by atoms with Gasteiger partial charge in [0, 0.05) is 26.9 Å². The van der Waals surface area contributed by atoms with Gasteiger partial charge in [-0.1, -0.05) is 19.6 Å². The first-order valence-corrected chi connectivity index (χ1v) is 9.54. The van der Waals surface area contributed by atoms with Gasteiger partial charge < -0.3 is 9.84 Å². The molecular formula is C11H22N2O3Si. The molecule has 5 nitrogen and oxygen atoms in total. The molecule has 0 spiro atoms. The number of nitrogens with zero attached hydrogens (tertiary/aromatic N) is 1. The molecule has 6 heteroatoms. The SMILES string of the molecule is CC1=C(C(=O)O)CNN1COCC[Si](C)(C)C. The topological polar surface area (TPSA) is 61.8 Å². The van der Waals surface area contributed by atoms with Crippen LogP contribution in [0.4, 0.5) is 0 Å². The van der Waals surface area contributed by atoms with Crippen molar-refractivity contribution in [1.82, 2.24) is 10.4 Å². The molecule has 0 fully saturated rings. The van der Waals surface area contributed by atoms with Gasteiger partial charge in [0.25, 0.3) is 0 Å². The smallest absolute Gasteiger partial charge is 0.334 e. The van der Waals surface area contributed by atoms with Crippen LogP contribution in [0.25, 0.3) is 0 Å². The van der Waals surface area contributed by atoms with E-state index in [9.17, 15) is 4.79 Å². The molecule has 0 atom stereocenters. The van der Waals surface area contributed by atoms with Gasteiger partial charge >= 0.3 is 5.97 Å². The number of rotatable bonds is 6. The lowest BCUT2D eigenvalue weighted by Gasteiger charge is -2.21. The maximum absolute atomic E-state index is 10.9. The molecule has 0 saturated carbocycles. The fourth-order valence-electron chi connectivity index (χ4n) is 1.49. The van der Waals surface area contributed by atoms with Crippen LogP contribution in [0.5, 0.6) is 0 Å². The second-order valence-corrected chi connectivity index (χ2v) is 11.1. The van der Waals surface area contributed by atoms with E-state index in [4.69, 9.17) is 9.84 Å². The van der Waals surface area contributed by atoms with Crippen molar-refractivity contribution in [3.63, 3.8) is 0 Å². The standard InChI is InChI=1S/C11H22N2O3Si/c1-9-10(11(14)15)7-12-13(9)8-16-5-6-17(2,3)4/h12H,5-8H2,1-4H3,(H,14,15). The summed E-state index contributed by atoms with van der Waals surface area (Å²) in [5.74, 6) is -0.861. The van der Waals surface area contributed by atoms with Gasteiger partial charge in [0.15, 0.2) is 0 Å². The molecule has 0 unspecified atom stereocenters. The summed E-state index contributed by atoms with van der Waals surface area (Å²) < 4.78 is 5.56. The molecule has 0 saturated heterocycles. The number of hydrogen-bond acceptors (Lipinski definition) is 4. The monoisotopic (exact) mass is 258 g/mol. The Morgan fingerprint density at radius 3 is 2.65 bits per heavy atom. The van der Waals surface area contributed by atoms with Crippen molar-refractivity contribution in [2.24, 2.45) is 0 Å². The molecule has 2 N–H and O–H groups in total. The predicted octanol–water partition coefficient (Wildman–Crippen LogP) is 1.48. The highest BCUT2D eigenvalue weighted by atomic mass is 28.3. The fraction of sp³-hybridized carbons (Fsp3) is 0.727. The van der Waals surface area contributed by atoms with Gasteiger partial charge in [0.1, 0.15) is 6.73 Å². The first-order chi connectivity index (χ1) is 7.81. The van der Waals surface area contributed by atoms with Crippen LogP contribution in [0.2, 0.25) is 25.7 Å². The van der Waals surface area contributed by atoms with Gasteiger partial charge in [0.2, 0.25) is 0 Å². The third-order valence-corrected chi connectivity index (χ3v) is 4.47. The van der Waals surface area contributed by atoms with Crippen LogP contribution in [-0.2, 0) is 9.53 Å². The summed E-state index contributed by atoms with van der Waals surface area (Å²) >= 11 is 0. The van der Waals surface area contributed by atoms with E-state index in [1.807, 2.05) is 0 Å². The van der Waals surface area contributed by atoms with Crippen LogP contribution < -0.4 is 5.43 Å². The first-order valence-electron chi connectivity index (χ1n) is 5.83. The third-order valence-electron chi connectivity index (χ3n) is 2.76. The Balaban J connectivity index is 2.33. The summed E-state index contributed by atoms with van der Waals surface area (Å²) in [6, 6.07) is 1.12. The Hall–Kier alpha value is -0.853. The molecule has 0 bridgehead atoms. The van der Waals surface area contributed by atoms with Crippen LogP contribution in [-0.4, -0.2) is 44.0 Å². The Kier molecular flexibility index (Phi) is 4.73. The quantitative estimate of drug-likeness (QED) is 0.558. The normalized spacial score (nSPS) is 16.8. The Morgan fingerprint density at radius 2 is 2.18 bits per heavy atom. The van der Waals surface area contributed by atoms with Crippen molar-refractivity contribution < 1.29 is 14.6 Å². The van der Waals surface area contributed by atoms with Crippen LogP contribution in [0.3, 0.4) is 0 Å². The average molecular weight is 258 g/mol. The molecule has 0 aromatic heterocycles. The van der Waals surface area contributed by atoms with Gasteiger partial charge in [-0.25, -0.2) is 10.2 Å². The molecule has 0 radical (unpaired) electrons. The van der Waals surface area contributed by atoms with E-state index in [0.717, 1.165) is 18.3 Å². The van der Waals surface area contributed by atoms with Crippen molar-refractivity contribution in [2.75, 3.05) is 19.9 Å². The van der Waals surface area contributed by atoms with Crippen LogP contribution in [0.15, 0.2) is 11.3 Å². The minimum atomic E-state index is -1.05. The molecule has 0 aromatic carbocycles. The third kappa shape index (κ3) is 4.49. The maximum atomic E-state index is 10.9. The van der Waals surface area contributed by atoms with Crippen LogP contribution >= 0.6 is 0 Å². The number of carboxylic acid groups (broad SMARTS) is 1. The number of carbonyl (C=O) groups is 1. The van der Waals surface area contributed by atoms with Gasteiger partial charge in [-0.05, 0) is 13.0 Å². The number of carboxylic acids is 1. The first kappa shape index (κ1) is 14.2. The van der Waals surface area contributed by atoms with Crippen molar-refractivity contribution >= 4 is 14.0 Å².